The topological polar surface area (TPSA) is 39.9 Å². The standard InChI is InChI=1S/C8H13N3/c1-2-7(10-3-1)8-6-9-4-5-11-8/h1-3,8-11H,4-6H2/t8-/m1/s1. The Morgan fingerprint density at radius 1 is 1.36 bits per heavy atom. The molecule has 2 heterocycles. The van der Waals surface area contributed by atoms with Gasteiger partial charge in [-0.15, -0.1) is 0 Å². The normalized spacial score (nSPS) is 25.3. The molecule has 60 valence electrons. The fraction of sp³-hybridized carbons (Fsp3) is 0.500. The monoisotopic (exact) mass is 151 g/mol. The van der Waals surface area contributed by atoms with Crippen molar-refractivity contribution in [3.63, 3.8) is 0 Å². The Labute approximate surface area is 66.2 Å². The molecular weight excluding hydrogens is 138 g/mol. The zero-order chi connectivity index (χ0) is 7.52. The highest BCUT2D eigenvalue weighted by atomic mass is 15.1. The molecule has 3 N–H and O–H groups in total. The molecule has 0 bridgehead atoms. The van der Waals surface area contributed by atoms with Crippen LogP contribution in [-0.4, -0.2) is 24.6 Å². The third kappa shape index (κ3) is 1.44. The van der Waals surface area contributed by atoms with E-state index in [0.717, 1.165) is 19.6 Å². The molecule has 3 heteroatoms. The molecule has 1 aliphatic rings. The summed E-state index contributed by atoms with van der Waals surface area (Å²) in [6.07, 6.45) is 1.96. The fourth-order valence-corrected chi connectivity index (χ4v) is 1.43. The van der Waals surface area contributed by atoms with Gasteiger partial charge in [0.2, 0.25) is 0 Å². The maximum absolute atomic E-state index is 3.43. The first-order valence-electron chi connectivity index (χ1n) is 4.04. The van der Waals surface area contributed by atoms with Crippen molar-refractivity contribution in [3.05, 3.63) is 24.0 Å². The second-order valence-electron chi connectivity index (χ2n) is 2.84. The maximum atomic E-state index is 3.43. The van der Waals surface area contributed by atoms with Crippen LogP contribution in [-0.2, 0) is 0 Å². The molecule has 1 atom stereocenters. The second kappa shape index (κ2) is 3.07. The van der Waals surface area contributed by atoms with Gasteiger partial charge in [0, 0.05) is 31.5 Å². The first-order valence-corrected chi connectivity index (χ1v) is 4.04. The van der Waals surface area contributed by atoms with Gasteiger partial charge in [-0.2, -0.15) is 0 Å². The number of aromatic amines is 1. The maximum Gasteiger partial charge on any atom is 0.0599 e. The molecule has 0 spiro atoms. The Hall–Kier alpha value is -0.800. The number of aromatic nitrogens is 1. The highest BCUT2D eigenvalue weighted by molar-refractivity contribution is 5.10. The van der Waals surface area contributed by atoms with Crippen molar-refractivity contribution < 1.29 is 0 Å². The number of hydrogen-bond donors (Lipinski definition) is 3. The summed E-state index contributed by atoms with van der Waals surface area (Å²) in [6.45, 7) is 3.17. The number of piperazine rings is 1. The Balaban J connectivity index is 2.04. The minimum Gasteiger partial charge on any atom is -0.364 e. The minimum atomic E-state index is 0.471. The lowest BCUT2D eigenvalue weighted by molar-refractivity contribution is 0.424. The summed E-state index contributed by atoms with van der Waals surface area (Å²) in [4.78, 5) is 3.20. The van der Waals surface area contributed by atoms with Gasteiger partial charge in [-0.3, -0.25) is 0 Å². The molecule has 0 unspecified atom stereocenters. The van der Waals surface area contributed by atoms with E-state index in [-0.39, 0.29) is 0 Å². The van der Waals surface area contributed by atoms with Crippen LogP contribution < -0.4 is 10.6 Å². The van der Waals surface area contributed by atoms with Crippen LogP contribution in [0.2, 0.25) is 0 Å². The summed E-state index contributed by atoms with van der Waals surface area (Å²) in [7, 11) is 0. The highest BCUT2D eigenvalue weighted by Gasteiger charge is 2.13. The molecule has 0 aromatic carbocycles. The molecule has 1 aromatic rings. The van der Waals surface area contributed by atoms with Crippen molar-refractivity contribution in [2.24, 2.45) is 0 Å². The molecular formula is C8H13N3. The lowest BCUT2D eigenvalue weighted by Gasteiger charge is -2.23. The predicted molar refractivity (Wildman–Crippen MR) is 44.4 cm³/mol. The highest BCUT2D eigenvalue weighted by Crippen LogP contribution is 2.09. The second-order valence-corrected chi connectivity index (χ2v) is 2.84. The summed E-state index contributed by atoms with van der Waals surface area (Å²) in [5.41, 5.74) is 1.28. The molecule has 0 saturated carbocycles. The van der Waals surface area contributed by atoms with Gasteiger partial charge in [-0.1, -0.05) is 0 Å². The van der Waals surface area contributed by atoms with Crippen LogP contribution in [0.5, 0.6) is 0 Å². The van der Waals surface area contributed by atoms with Gasteiger partial charge in [-0.05, 0) is 12.1 Å². The zero-order valence-electron chi connectivity index (χ0n) is 6.43. The van der Waals surface area contributed by atoms with Crippen molar-refractivity contribution >= 4 is 0 Å². The van der Waals surface area contributed by atoms with E-state index in [1.807, 2.05) is 12.3 Å². The molecule has 0 amide bonds. The van der Waals surface area contributed by atoms with Crippen LogP contribution in [0.4, 0.5) is 0 Å². The summed E-state index contributed by atoms with van der Waals surface area (Å²) in [5, 5.41) is 6.77. The molecule has 0 aliphatic carbocycles. The van der Waals surface area contributed by atoms with E-state index in [1.165, 1.54) is 5.69 Å². The summed E-state index contributed by atoms with van der Waals surface area (Å²) in [6, 6.07) is 4.62. The Bertz CT molecular complexity index is 199. The lowest BCUT2D eigenvalue weighted by atomic mass is 10.2. The van der Waals surface area contributed by atoms with E-state index in [4.69, 9.17) is 0 Å². The smallest absolute Gasteiger partial charge is 0.0599 e. The van der Waals surface area contributed by atoms with Gasteiger partial charge in [-0.25, -0.2) is 0 Å². The largest absolute Gasteiger partial charge is 0.364 e. The van der Waals surface area contributed by atoms with Crippen molar-refractivity contribution in [1.82, 2.24) is 15.6 Å². The zero-order valence-corrected chi connectivity index (χ0v) is 6.43. The number of H-pyrrole nitrogens is 1. The van der Waals surface area contributed by atoms with E-state index >= 15 is 0 Å². The molecule has 1 fully saturated rings. The number of hydrogen-bond acceptors (Lipinski definition) is 2. The molecule has 11 heavy (non-hydrogen) atoms. The van der Waals surface area contributed by atoms with Crippen LogP contribution in [0.25, 0.3) is 0 Å². The predicted octanol–water partition coefficient (Wildman–Crippen LogP) is 0.249. The summed E-state index contributed by atoms with van der Waals surface area (Å²) in [5.74, 6) is 0. The van der Waals surface area contributed by atoms with E-state index < -0.39 is 0 Å². The van der Waals surface area contributed by atoms with Crippen LogP contribution in [0.3, 0.4) is 0 Å². The molecule has 0 radical (unpaired) electrons. The molecule has 2 rings (SSSR count). The molecule has 1 aromatic heterocycles. The van der Waals surface area contributed by atoms with Gasteiger partial charge in [0.25, 0.3) is 0 Å². The van der Waals surface area contributed by atoms with Crippen LogP contribution in [0.15, 0.2) is 18.3 Å². The van der Waals surface area contributed by atoms with Gasteiger partial charge < -0.3 is 15.6 Å². The van der Waals surface area contributed by atoms with E-state index in [1.54, 1.807) is 0 Å². The first-order chi connectivity index (χ1) is 5.47. The average molecular weight is 151 g/mol. The first kappa shape index (κ1) is 6.88. The Morgan fingerprint density at radius 3 is 3.00 bits per heavy atom. The fourth-order valence-electron chi connectivity index (χ4n) is 1.43. The quantitative estimate of drug-likeness (QED) is 0.538. The van der Waals surface area contributed by atoms with E-state index in [0.29, 0.717) is 6.04 Å². The van der Waals surface area contributed by atoms with Crippen LogP contribution in [0, 0.1) is 0 Å². The number of nitrogens with one attached hydrogen (secondary N) is 3. The minimum absolute atomic E-state index is 0.471. The number of rotatable bonds is 1. The van der Waals surface area contributed by atoms with Crippen molar-refractivity contribution in [1.29, 1.82) is 0 Å². The molecule has 1 saturated heterocycles. The lowest BCUT2D eigenvalue weighted by Crippen LogP contribution is -2.42. The Morgan fingerprint density at radius 2 is 2.36 bits per heavy atom. The van der Waals surface area contributed by atoms with Crippen molar-refractivity contribution in [2.45, 2.75) is 6.04 Å². The summed E-state index contributed by atoms with van der Waals surface area (Å²) < 4.78 is 0. The third-order valence-corrected chi connectivity index (χ3v) is 2.04. The van der Waals surface area contributed by atoms with E-state index in [2.05, 4.69) is 21.7 Å². The van der Waals surface area contributed by atoms with Crippen LogP contribution >= 0.6 is 0 Å². The van der Waals surface area contributed by atoms with Gasteiger partial charge in [0.1, 0.15) is 0 Å². The van der Waals surface area contributed by atoms with Crippen molar-refractivity contribution in [3.8, 4) is 0 Å². The van der Waals surface area contributed by atoms with E-state index in [9.17, 15) is 0 Å². The van der Waals surface area contributed by atoms with Gasteiger partial charge in [0.15, 0.2) is 0 Å². The average Bonchev–Trinajstić information content (AvgIpc) is 2.58. The SMILES string of the molecule is c1c[nH]c([C@H]2CNCCN2)c1. The van der Waals surface area contributed by atoms with Gasteiger partial charge >= 0.3 is 0 Å². The van der Waals surface area contributed by atoms with Gasteiger partial charge in [0.05, 0.1) is 6.04 Å². The van der Waals surface area contributed by atoms with Crippen molar-refractivity contribution in [2.75, 3.05) is 19.6 Å². The molecule has 3 nitrogen and oxygen atoms in total. The Kier molecular flexibility index (Phi) is 1.92. The summed E-state index contributed by atoms with van der Waals surface area (Å²) >= 11 is 0. The van der Waals surface area contributed by atoms with Crippen LogP contribution in [0.1, 0.15) is 11.7 Å². The molecule has 1 aliphatic heterocycles. The third-order valence-electron chi connectivity index (χ3n) is 2.04.